The van der Waals surface area contributed by atoms with Crippen molar-refractivity contribution in [2.45, 2.75) is 52.7 Å². The molecule has 1 amide bonds. The Labute approximate surface area is 137 Å². The van der Waals surface area contributed by atoms with Crippen molar-refractivity contribution in [3.05, 3.63) is 22.6 Å². The number of aromatic nitrogens is 2. The number of nitrogens with zero attached hydrogens (tertiary/aromatic N) is 3. The second-order valence-electron chi connectivity index (χ2n) is 6.49. The number of unbranched alkanes of at least 4 members (excludes halogenated alkanes) is 1. The molecule has 0 radical (unpaired) electrons. The summed E-state index contributed by atoms with van der Waals surface area (Å²) in [5, 5.41) is 7.23. The molecule has 0 aromatic carbocycles. The van der Waals surface area contributed by atoms with E-state index in [2.05, 4.69) is 17.3 Å². The first-order chi connectivity index (χ1) is 10.7. The predicted octanol–water partition coefficient (Wildman–Crippen LogP) is 2.32. The second-order valence-corrected chi connectivity index (χ2v) is 6.49. The lowest BCUT2D eigenvalue weighted by Crippen LogP contribution is -2.36. The van der Waals surface area contributed by atoms with E-state index in [4.69, 9.17) is 4.74 Å². The zero-order chi connectivity index (χ0) is 17.5. The highest BCUT2D eigenvalue weighted by Crippen LogP contribution is 2.09. The van der Waals surface area contributed by atoms with Gasteiger partial charge >= 0.3 is 6.09 Å². The van der Waals surface area contributed by atoms with Gasteiger partial charge in [0.25, 0.3) is 5.56 Å². The van der Waals surface area contributed by atoms with Crippen LogP contribution in [0, 0.1) is 0 Å². The molecule has 7 heteroatoms. The Morgan fingerprint density at radius 2 is 2.13 bits per heavy atom. The maximum Gasteiger partial charge on any atom is 0.410 e. The molecule has 130 valence electrons. The average Bonchev–Trinajstić information content (AvgIpc) is 2.44. The summed E-state index contributed by atoms with van der Waals surface area (Å²) in [6.07, 6.45) is 3.21. The van der Waals surface area contributed by atoms with Crippen LogP contribution in [0.15, 0.2) is 17.1 Å². The van der Waals surface area contributed by atoms with Gasteiger partial charge in [-0.1, -0.05) is 13.3 Å². The molecule has 1 aromatic heterocycles. The number of likely N-dealkylation sites (N-methyl/N-ethyl adjacent to an activating group) is 1. The van der Waals surface area contributed by atoms with E-state index in [-0.39, 0.29) is 11.7 Å². The highest BCUT2D eigenvalue weighted by Gasteiger charge is 2.19. The van der Waals surface area contributed by atoms with Crippen molar-refractivity contribution in [1.29, 1.82) is 0 Å². The van der Waals surface area contributed by atoms with Crippen molar-refractivity contribution in [2.75, 3.05) is 25.5 Å². The van der Waals surface area contributed by atoms with Gasteiger partial charge in [0.2, 0.25) is 0 Å². The highest BCUT2D eigenvalue weighted by atomic mass is 16.6. The van der Waals surface area contributed by atoms with Crippen LogP contribution in [0.25, 0.3) is 0 Å². The summed E-state index contributed by atoms with van der Waals surface area (Å²) in [7, 11) is 1.68. The van der Waals surface area contributed by atoms with E-state index in [1.54, 1.807) is 13.2 Å². The van der Waals surface area contributed by atoms with Crippen molar-refractivity contribution in [3.8, 4) is 0 Å². The molecular weight excluding hydrogens is 296 g/mol. The number of carbonyl (C=O) groups is 1. The van der Waals surface area contributed by atoms with Gasteiger partial charge in [-0.05, 0) is 27.2 Å². The van der Waals surface area contributed by atoms with Gasteiger partial charge < -0.3 is 15.0 Å². The second kappa shape index (κ2) is 8.55. The van der Waals surface area contributed by atoms with Crippen LogP contribution in [-0.2, 0) is 11.3 Å². The van der Waals surface area contributed by atoms with E-state index in [0.717, 1.165) is 12.8 Å². The Morgan fingerprint density at radius 1 is 1.43 bits per heavy atom. The van der Waals surface area contributed by atoms with Crippen molar-refractivity contribution >= 4 is 11.8 Å². The molecule has 7 nitrogen and oxygen atoms in total. The van der Waals surface area contributed by atoms with Gasteiger partial charge in [-0.2, -0.15) is 5.10 Å². The lowest BCUT2D eigenvalue weighted by molar-refractivity contribution is 0.0305. The predicted molar refractivity (Wildman–Crippen MR) is 90.8 cm³/mol. The van der Waals surface area contributed by atoms with Crippen LogP contribution in [-0.4, -0.2) is 46.5 Å². The van der Waals surface area contributed by atoms with Gasteiger partial charge in [-0.3, -0.25) is 4.79 Å². The molecule has 23 heavy (non-hydrogen) atoms. The number of rotatable bonds is 7. The van der Waals surface area contributed by atoms with Gasteiger partial charge in [0.1, 0.15) is 5.60 Å². The monoisotopic (exact) mass is 324 g/mol. The van der Waals surface area contributed by atoms with Crippen LogP contribution in [0.1, 0.15) is 40.5 Å². The molecule has 1 N–H and O–H groups in total. The minimum atomic E-state index is -0.508. The summed E-state index contributed by atoms with van der Waals surface area (Å²) >= 11 is 0. The van der Waals surface area contributed by atoms with Gasteiger partial charge in [0.15, 0.2) is 0 Å². The summed E-state index contributed by atoms with van der Waals surface area (Å²) in [5.74, 6) is 0. The first-order valence-electron chi connectivity index (χ1n) is 7.98. The standard InChI is InChI=1S/C16H28N4O3/c1-6-7-9-20-14(21)11-13(12-18-20)17-8-10-19(5)15(22)23-16(2,3)4/h11-12,17H,6-10H2,1-5H3. The Kier molecular flexibility index (Phi) is 7.06. The van der Waals surface area contributed by atoms with Crippen LogP contribution in [0.5, 0.6) is 0 Å². The number of hydrogen-bond acceptors (Lipinski definition) is 5. The van der Waals surface area contributed by atoms with E-state index < -0.39 is 5.60 Å². The third-order valence-corrected chi connectivity index (χ3v) is 3.07. The Balaban J connectivity index is 2.45. The Morgan fingerprint density at radius 3 is 2.70 bits per heavy atom. The zero-order valence-electron chi connectivity index (χ0n) is 14.8. The molecule has 0 saturated heterocycles. The van der Waals surface area contributed by atoms with Crippen molar-refractivity contribution in [1.82, 2.24) is 14.7 Å². The molecule has 0 fully saturated rings. The largest absolute Gasteiger partial charge is 0.444 e. The molecule has 0 spiro atoms. The SMILES string of the molecule is CCCCn1ncc(NCCN(C)C(=O)OC(C)(C)C)cc1=O. The van der Waals surface area contributed by atoms with E-state index in [9.17, 15) is 9.59 Å². The molecule has 0 saturated carbocycles. The first kappa shape index (κ1) is 19.0. The quantitative estimate of drug-likeness (QED) is 0.833. The minimum absolute atomic E-state index is 0.121. The molecule has 0 unspecified atom stereocenters. The highest BCUT2D eigenvalue weighted by molar-refractivity contribution is 5.67. The third-order valence-electron chi connectivity index (χ3n) is 3.07. The summed E-state index contributed by atoms with van der Waals surface area (Å²) in [6.45, 7) is 9.17. The van der Waals surface area contributed by atoms with E-state index >= 15 is 0 Å². The molecule has 0 aliphatic carbocycles. The topological polar surface area (TPSA) is 76.5 Å². The van der Waals surface area contributed by atoms with Gasteiger partial charge in [-0.15, -0.1) is 0 Å². The number of aryl methyl sites for hydroxylation is 1. The van der Waals surface area contributed by atoms with Gasteiger partial charge in [0, 0.05) is 32.7 Å². The van der Waals surface area contributed by atoms with Crippen molar-refractivity contribution < 1.29 is 9.53 Å². The van der Waals surface area contributed by atoms with Crippen LogP contribution in [0.3, 0.4) is 0 Å². The van der Waals surface area contributed by atoms with Gasteiger partial charge in [-0.25, -0.2) is 9.48 Å². The molecule has 0 aliphatic rings. The average molecular weight is 324 g/mol. The number of hydrogen-bond donors (Lipinski definition) is 1. The van der Waals surface area contributed by atoms with Crippen LogP contribution < -0.4 is 10.9 Å². The molecule has 0 aliphatic heterocycles. The minimum Gasteiger partial charge on any atom is -0.444 e. The fraction of sp³-hybridized carbons (Fsp3) is 0.688. The molecule has 1 rings (SSSR count). The van der Waals surface area contributed by atoms with E-state index in [0.29, 0.717) is 25.3 Å². The van der Waals surface area contributed by atoms with Crippen LogP contribution >= 0.6 is 0 Å². The fourth-order valence-electron chi connectivity index (χ4n) is 1.81. The lowest BCUT2D eigenvalue weighted by Gasteiger charge is -2.24. The lowest BCUT2D eigenvalue weighted by atomic mass is 10.2. The number of nitrogens with one attached hydrogen (secondary N) is 1. The maximum atomic E-state index is 11.9. The number of ether oxygens (including phenoxy) is 1. The Hall–Kier alpha value is -2.05. The summed E-state index contributed by atoms with van der Waals surface area (Å²) < 4.78 is 6.73. The van der Waals surface area contributed by atoms with Crippen molar-refractivity contribution in [3.63, 3.8) is 0 Å². The Bertz CT molecular complexity index is 563. The smallest absolute Gasteiger partial charge is 0.410 e. The first-order valence-corrected chi connectivity index (χ1v) is 7.98. The van der Waals surface area contributed by atoms with Crippen molar-refractivity contribution in [2.24, 2.45) is 0 Å². The summed E-state index contributed by atoms with van der Waals surface area (Å²) in [5.41, 5.74) is 0.0235. The number of anilines is 1. The molecule has 1 heterocycles. The molecular formula is C16H28N4O3. The fourth-order valence-corrected chi connectivity index (χ4v) is 1.81. The summed E-state index contributed by atoms with van der Waals surface area (Å²) in [4.78, 5) is 25.2. The van der Waals surface area contributed by atoms with Gasteiger partial charge in [0.05, 0.1) is 11.9 Å². The van der Waals surface area contributed by atoms with Crippen LogP contribution in [0.2, 0.25) is 0 Å². The molecule has 0 bridgehead atoms. The van der Waals surface area contributed by atoms with Crippen LogP contribution in [0.4, 0.5) is 10.5 Å². The summed E-state index contributed by atoms with van der Waals surface area (Å²) in [6, 6.07) is 1.52. The van der Waals surface area contributed by atoms with E-state index in [1.807, 2.05) is 20.8 Å². The normalized spacial score (nSPS) is 11.2. The zero-order valence-corrected chi connectivity index (χ0v) is 14.8. The number of carbonyl (C=O) groups excluding carboxylic acids is 1. The maximum absolute atomic E-state index is 11.9. The van der Waals surface area contributed by atoms with E-state index in [1.165, 1.54) is 15.6 Å². The third kappa shape index (κ3) is 7.17. The number of amides is 1. The molecule has 0 atom stereocenters. The molecule has 1 aromatic rings.